The number of fused-ring (bicyclic) bond motifs is 1. The Hall–Kier alpha value is -2.62. The van der Waals surface area contributed by atoms with E-state index in [1.165, 1.54) is 5.56 Å². The summed E-state index contributed by atoms with van der Waals surface area (Å²) in [5, 5.41) is 0. The van der Waals surface area contributed by atoms with E-state index in [2.05, 4.69) is 6.07 Å². The van der Waals surface area contributed by atoms with E-state index in [1.54, 1.807) is 24.3 Å². The summed E-state index contributed by atoms with van der Waals surface area (Å²) in [5.74, 6) is 0.742. The molecule has 0 aromatic heterocycles. The number of ketones is 1. The Balaban J connectivity index is 1.61. The van der Waals surface area contributed by atoms with E-state index in [4.69, 9.17) is 4.74 Å². The van der Waals surface area contributed by atoms with Crippen molar-refractivity contribution < 1.29 is 14.3 Å². The predicted octanol–water partition coefficient (Wildman–Crippen LogP) is 4.03. The lowest BCUT2D eigenvalue weighted by molar-refractivity contribution is -0.118. The normalized spacial score (nSPS) is 15.8. The molecule has 0 radical (unpaired) electrons. The van der Waals surface area contributed by atoms with Gasteiger partial charge in [0.15, 0.2) is 5.78 Å². The highest BCUT2D eigenvalue weighted by Gasteiger charge is 2.30. The Kier molecular flexibility index (Phi) is 5.17. The molecule has 1 heterocycles. The summed E-state index contributed by atoms with van der Waals surface area (Å²) in [6.07, 6.45) is 1.32. The van der Waals surface area contributed by atoms with Gasteiger partial charge in [0.1, 0.15) is 5.75 Å². The molecule has 1 amide bonds. The molecule has 0 bridgehead atoms. The first-order chi connectivity index (χ1) is 12.1. The Morgan fingerprint density at radius 3 is 2.52 bits per heavy atom. The zero-order chi connectivity index (χ0) is 17.8. The van der Waals surface area contributed by atoms with Gasteiger partial charge in [0.05, 0.1) is 6.61 Å². The molecule has 2 aromatic carbocycles. The minimum Gasteiger partial charge on any atom is -0.494 e. The summed E-state index contributed by atoms with van der Waals surface area (Å²) in [7, 11) is 0. The van der Waals surface area contributed by atoms with Crippen molar-refractivity contribution in [2.45, 2.75) is 39.2 Å². The summed E-state index contributed by atoms with van der Waals surface area (Å²) in [6, 6.07) is 15.2. The number of hydrogen-bond acceptors (Lipinski definition) is 3. The molecule has 4 nitrogen and oxygen atoms in total. The number of hydrogen-bond donors (Lipinski definition) is 0. The van der Waals surface area contributed by atoms with Crippen LogP contribution in [0.3, 0.4) is 0 Å². The van der Waals surface area contributed by atoms with Crippen molar-refractivity contribution in [3.63, 3.8) is 0 Å². The highest BCUT2D eigenvalue weighted by molar-refractivity contribution is 6.01. The minimum atomic E-state index is -0.0171. The number of carbonyl (C=O) groups excluding carboxylic acids is 2. The van der Waals surface area contributed by atoms with Gasteiger partial charge in [-0.25, -0.2) is 0 Å². The van der Waals surface area contributed by atoms with Crippen molar-refractivity contribution in [2.75, 3.05) is 11.5 Å². The number of ether oxygens (including phenoxy) is 1. The predicted molar refractivity (Wildman–Crippen MR) is 98.3 cm³/mol. The summed E-state index contributed by atoms with van der Waals surface area (Å²) < 4.78 is 5.38. The first kappa shape index (κ1) is 17.2. The number of para-hydroxylation sites is 1. The number of rotatable bonds is 6. The molecule has 0 saturated carbocycles. The van der Waals surface area contributed by atoms with Crippen LogP contribution in [-0.2, 0) is 11.2 Å². The standard InChI is InChI=1S/C21H23NO3/c1-3-25-18-10-8-16(9-11-18)20(23)12-13-21(24)22-15(2)14-17-6-4-5-7-19(17)22/h4-11,15H,3,12-14H2,1-2H3. The molecule has 0 saturated heterocycles. The van der Waals surface area contributed by atoms with Gasteiger partial charge < -0.3 is 9.64 Å². The molecule has 1 atom stereocenters. The molecular weight excluding hydrogens is 314 g/mol. The summed E-state index contributed by atoms with van der Waals surface area (Å²) >= 11 is 0. The molecule has 0 spiro atoms. The van der Waals surface area contributed by atoms with Crippen molar-refractivity contribution in [2.24, 2.45) is 0 Å². The van der Waals surface area contributed by atoms with Crippen LogP contribution >= 0.6 is 0 Å². The lowest BCUT2D eigenvalue weighted by atomic mass is 10.1. The number of amides is 1. The fourth-order valence-corrected chi connectivity index (χ4v) is 3.33. The summed E-state index contributed by atoms with van der Waals surface area (Å²) in [5.41, 5.74) is 2.79. The molecule has 4 heteroatoms. The summed E-state index contributed by atoms with van der Waals surface area (Å²) in [4.78, 5) is 26.8. The summed E-state index contributed by atoms with van der Waals surface area (Å²) in [6.45, 7) is 4.56. The molecule has 0 aliphatic carbocycles. The minimum absolute atomic E-state index is 0.0109. The van der Waals surface area contributed by atoms with Crippen LogP contribution in [0.25, 0.3) is 0 Å². The molecule has 1 aliphatic heterocycles. The van der Waals surface area contributed by atoms with Crippen molar-refractivity contribution in [3.8, 4) is 5.75 Å². The number of benzene rings is 2. The van der Waals surface area contributed by atoms with Crippen molar-refractivity contribution in [3.05, 3.63) is 59.7 Å². The van der Waals surface area contributed by atoms with Gasteiger partial charge in [-0.1, -0.05) is 18.2 Å². The zero-order valence-electron chi connectivity index (χ0n) is 14.7. The second kappa shape index (κ2) is 7.51. The fraction of sp³-hybridized carbons (Fsp3) is 0.333. The molecule has 1 aliphatic rings. The zero-order valence-corrected chi connectivity index (χ0v) is 14.7. The Morgan fingerprint density at radius 1 is 1.08 bits per heavy atom. The monoisotopic (exact) mass is 337 g/mol. The topological polar surface area (TPSA) is 46.6 Å². The molecule has 2 aromatic rings. The van der Waals surface area contributed by atoms with Gasteiger partial charge >= 0.3 is 0 Å². The molecular formula is C21H23NO3. The molecule has 0 fully saturated rings. The van der Waals surface area contributed by atoms with Gasteiger partial charge in [-0.05, 0) is 56.2 Å². The largest absolute Gasteiger partial charge is 0.494 e. The van der Waals surface area contributed by atoms with E-state index >= 15 is 0 Å². The van der Waals surface area contributed by atoms with Crippen molar-refractivity contribution >= 4 is 17.4 Å². The van der Waals surface area contributed by atoms with Gasteiger partial charge in [0, 0.05) is 30.1 Å². The van der Waals surface area contributed by atoms with E-state index in [1.807, 2.05) is 36.9 Å². The third kappa shape index (κ3) is 3.73. The number of carbonyl (C=O) groups is 2. The molecule has 130 valence electrons. The second-order valence-electron chi connectivity index (χ2n) is 6.33. The SMILES string of the molecule is CCOc1ccc(C(=O)CCC(=O)N2c3ccccc3CC2C)cc1. The van der Waals surface area contributed by atoms with Gasteiger partial charge in [0.25, 0.3) is 0 Å². The lowest BCUT2D eigenvalue weighted by Crippen LogP contribution is -2.35. The van der Waals surface area contributed by atoms with Crippen LogP contribution in [0.4, 0.5) is 5.69 Å². The molecule has 25 heavy (non-hydrogen) atoms. The third-order valence-corrected chi connectivity index (χ3v) is 4.53. The third-order valence-electron chi connectivity index (χ3n) is 4.53. The average Bonchev–Trinajstić information content (AvgIpc) is 2.96. The van der Waals surface area contributed by atoms with Gasteiger partial charge in [0.2, 0.25) is 5.91 Å². The van der Waals surface area contributed by atoms with E-state index in [-0.39, 0.29) is 30.6 Å². The van der Waals surface area contributed by atoms with E-state index in [0.717, 1.165) is 17.9 Å². The maximum atomic E-state index is 12.6. The smallest absolute Gasteiger partial charge is 0.227 e. The van der Waals surface area contributed by atoms with Crippen molar-refractivity contribution in [1.29, 1.82) is 0 Å². The van der Waals surface area contributed by atoms with Gasteiger partial charge in [-0.2, -0.15) is 0 Å². The molecule has 1 unspecified atom stereocenters. The van der Waals surface area contributed by atoms with E-state index < -0.39 is 0 Å². The van der Waals surface area contributed by atoms with Crippen LogP contribution in [0.2, 0.25) is 0 Å². The van der Waals surface area contributed by atoms with Gasteiger partial charge in [-0.3, -0.25) is 9.59 Å². The molecule has 3 rings (SSSR count). The number of anilines is 1. The maximum absolute atomic E-state index is 12.6. The Bertz CT molecular complexity index is 767. The van der Waals surface area contributed by atoms with E-state index in [9.17, 15) is 9.59 Å². The average molecular weight is 337 g/mol. The first-order valence-corrected chi connectivity index (χ1v) is 8.76. The lowest BCUT2D eigenvalue weighted by Gasteiger charge is -2.22. The fourth-order valence-electron chi connectivity index (χ4n) is 3.33. The number of nitrogens with zero attached hydrogens (tertiary/aromatic N) is 1. The second-order valence-corrected chi connectivity index (χ2v) is 6.33. The van der Waals surface area contributed by atoms with Crippen LogP contribution in [0.1, 0.15) is 42.6 Å². The van der Waals surface area contributed by atoms with Crippen LogP contribution < -0.4 is 9.64 Å². The Labute approximate surface area is 148 Å². The first-order valence-electron chi connectivity index (χ1n) is 8.76. The van der Waals surface area contributed by atoms with Crippen molar-refractivity contribution in [1.82, 2.24) is 0 Å². The van der Waals surface area contributed by atoms with Crippen LogP contribution in [-0.4, -0.2) is 24.3 Å². The number of Topliss-reactive ketones (excluding diaryl/α,β-unsaturated/α-hetero) is 1. The quantitative estimate of drug-likeness (QED) is 0.748. The maximum Gasteiger partial charge on any atom is 0.227 e. The van der Waals surface area contributed by atoms with Crippen LogP contribution in [0.15, 0.2) is 48.5 Å². The Morgan fingerprint density at radius 2 is 1.80 bits per heavy atom. The van der Waals surface area contributed by atoms with E-state index in [0.29, 0.717) is 12.2 Å². The van der Waals surface area contributed by atoms with Crippen LogP contribution in [0, 0.1) is 0 Å². The molecule has 0 N–H and O–H groups in total. The van der Waals surface area contributed by atoms with Crippen LogP contribution in [0.5, 0.6) is 5.75 Å². The van der Waals surface area contributed by atoms with Gasteiger partial charge in [-0.15, -0.1) is 0 Å². The highest BCUT2D eigenvalue weighted by Crippen LogP contribution is 2.32. The highest BCUT2D eigenvalue weighted by atomic mass is 16.5.